The van der Waals surface area contributed by atoms with E-state index in [1.165, 1.54) is 12.1 Å². The van der Waals surface area contributed by atoms with E-state index in [1.54, 1.807) is 6.26 Å². The summed E-state index contributed by atoms with van der Waals surface area (Å²) in [6.45, 7) is 2.04. The van der Waals surface area contributed by atoms with Crippen molar-refractivity contribution in [3.8, 4) is 0 Å². The summed E-state index contributed by atoms with van der Waals surface area (Å²) >= 11 is 11.5. The molecule has 1 unspecified atom stereocenters. The van der Waals surface area contributed by atoms with Gasteiger partial charge in [-0.15, -0.1) is 0 Å². The lowest BCUT2D eigenvalue weighted by atomic mass is 10.1. The van der Waals surface area contributed by atoms with E-state index in [0.717, 1.165) is 18.6 Å². The van der Waals surface area contributed by atoms with Crippen LogP contribution in [-0.2, 0) is 6.42 Å². The Morgan fingerprint density at radius 1 is 1.32 bits per heavy atom. The SMILES string of the molecule is CC(CCc1ccco1)Nc1cc(Cl)c(F)c(Cl)c1. The van der Waals surface area contributed by atoms with Crippen molar-refractivity contribution in [3.63, 3.8) is 0 Å². The zero-order valence-corrected chi connectivity index (χ0v) is 11.9. The van der Waals surface area contributed by atoms with E-state index in [-0.39, 0.29) is 16.1 Å². The second-order valence-electron chi connectivity index (χ2n) is 4.42. The fraction of sp³-hybridized carbons (Fsp3) is 0.286. The van der Waals surface area contributed by atoms with Gasteiger partial charge in [0.1, 0.15) is 5.76 Å². The zero-order chi connectivity index (χ0) is 13.8. The standard InChI is InChI=1S/C14H14Cl2FNO/c1-9(4-5-11-3-2-6-19-11)18-10-7-12(15)14(17)13(16)8-10/h2-3,6-9,18H,4-5H2,1H3. The molecule has 2 aromatic rings. The molecule has 1 aromatic heterocycles. The van der Waals surface area contributed by atoms with Crippen LogP contribution < -0.4 is 5.32 Å². The fourth-order valence-electron chi connectivity index (χ4n) is 1.81. The van der Waals surface area contributed by atoms with Crippen LogP contribution >= 0.6 is 23.2 Å². The number of hydrogen-bond donors (Lipinski definition) is 1. The summed E-state index contributed by atoms with van der Waals surface area (Å²) in [6, 6.07) is 7.08. The minimum Gasteiger partial charge on any atom is -0.469 e. The minimum atomic E-state index is -0.586. The topological polar surface area (TPSA) is 25.2 Å². The van der Waals surface area contributed by atoms with Crippen LogP contribution in [0.4, 0.5) is 10.1 Å². The predicted octanol–water partition coefficient (Wildman–Crippen LogP) is 5.16. The Morgan fingerprint density at radius 2 is 2.00 bits per heavy atom. The van der Waals surface area contributed by atoms with Gasteiger partial charge in [0, 0.05) is 18.2 Å². The highest BCUT2D eigenvalue weighted by Gasteiger charge is 2.10. The second-order valence-corrected chi connectivity index (χ2v) is 5.23. The maximum absolute atomic E-state index is 13.3. The average Bonchev–Trinajstić information content (AvgIpc) is 2.86. The van der Waals surface area contributed by atoms with E-state index in [4.69, 9.17) is 27.6 Å². The highest BCUT2D eigenvalue weighted by atomic mass is 35.5. The molecule has 1 aromatic carbocycles. The number of hydrogen-bond acceptors (Lipinski definition) is 2. The fourth-order valence-corrected chi connectivity index (χ4v) is 2.30. The molecule has 1 N–H and O–H groups in total. The maximum Gasteiger partial charge on any atom is 0.160 e. The van der Waals surface area contributed by atoms with E-state index in [1.807, 2.05) is 19.1 Å². The Hall–Kier alpha value is -1.19. The molecule has 2 rings (SSSR count). The first-order valence-corrected chi connectivity index (χ1v) is 6.75. The van der Waals surface area contributed by atoms with Crippen LogP contribution in [-0.4, -0.2) is 6.04 Å². The normalized spacial score (nSPS) is 12.4. The molecule has 19 heavy (non-hydrogen) atoms. The van der Waals surface area contributed by atoms with E-state index >= 15 is 0 Å². The highest BCUT2D eigenvalue weighted by Crippen LogP contribution is 2.27. The van der Waals surface area contributed by atoms with E-state index in [9.17, 15) is 4.39 Å². The predicted molar refractivity (Wildman–Crippen MR) is 76.5 cm³/mol. The molecule has 5 heteroatoms. The Labute approximate surface area is 121 Å². The molecule has 1 heterocycles. The molecule has 0 spiro atoms. The van der Waals surface area contributed by atoms with Gasteiger partial charge in [0.2, 0.25) is 0 Å². The van der Waals surface area contributed by atoms with Gasteiger partial charge >= 0.3 is 0 Å². The number of benzene rings is 1. The molecular weight excluding hydrogens is 288 g/mol. The van der Waals surface area contributed by atoms with E-state index in [0.29, 0.717) is 5.69 Å². The largest absolute Gasteiger partial charge is 0.469 e. The second kappa shape index (κ2) is 6.31. The van der Waals surface area contributed by atoms with Crippen LogP contribution in [0.25, 0.3) is 0 Å². The molecule has 0 amide bonds. The third kappa shape index (κ3) is 3.88. The molecule has 2 nitrogen and oxygen atoms in total. The van der Waals surface area contributed by atoms with Crippen molar-refractivity contribution in [2.24, 2.45) is 0 Å². The van der Waals surface area contributed by atoms with Crippen molar-refractivity contribution in [1.29, 1.82) is 0 Å². The molecule has 0 saturated heterocycles. The third-order valence-corrected chi connectivity index (χ3v) is 3.35. The Balaban J connectivity index is 1.93. The Bertz CT molecular complexity index is 519. The van der Waals surface area contributed by atoms with Crippen molar-refractivity contribution in [2.75, 3.05) is 5.32 Å². The van der Waals surface area contributed by atoms with Crippen molar-refractivity contribution in [3.05, 3.63) is 52.2 Å². The number of nitrogens with one attached hydrogen (secondary N) is 1. The number of furan rings is 1. The van der Waals surface area contributed by atoms with Crippen molar-refractivity contribution in [1.82, 2.24) is 0 Å². The van der Waals surface area contributed by atoms with Gasteiger partial charge in [-0.1, -0.05) is 23.2 Å². The summed E-state index contributed by atoms with van der Waals surface area (Å²) in [5, 5.41) is 3.28. The lowest BCUT2D eigenvalue weighted by molar-refractivity contribution is 0.495. The van der Waals surface area contributed by atoms with E-state index in [2.05, 4.69) is 5.32 Å². The summed E-state index contributed by atoms with van der Waals surface area (Å²) < 4.78 is 18.5. The summed E-state index contributed by atoms with van der Waals surface area (Å²) in [5.74, 6) is 0.362. The van der Waals surface area contributed by atoms with Crippen LogP contribution in [0.3, 0.4) is 0 Å². The molecule has 0 aliphatic carbocycles. The van der Waals surface area contributed by atoms with Gasteiger partial charge in [0.05, 0.1) is 16.3 Å². The van der Waals surface area contributed by atoms with Gasteiger partial charge in [-0.2, -0.15) is 0 Å². The van der Waals surface area contributed by atoms with Gasteiger partial charge < -0.3 is 9.73 Å². The first-order valence-electron chi connectivity index (χ1n) is 5.99. The lowest BCUT2D eigenvalue weighted by Gasteiger charge is -2.15. The summed E-state index contributed by atoms with van der Waals surface area (Å²) in [6.07, 6.45) is 3.39. The van der Waals surface area contributed by atoms with Gasteiger partial charge in [-0.05, 0) is 37.6 Å². The molecule has 102 valence electrons. The van der Waals surface area contributed by atoms with Crippen LogP contribution in [0.5, 0.6) is 0 Å². The molecule has 0 saturated carbocycles. The molecule has 0 fully saturated rings. The quantitative estimate of drug-likeness (QED) is 0.772. The first-order chi connectivity index (χ1) is 9.06. The van der Waals surface area contributed by atoms with Gasteiger partial charge in [0.15, 0.2) is 5.82 Å². The van der Waals surface area contributed by atoms with Crippen molar-refractivity contribution >= 4 is 28.9 Å². The number of aryl methyl sites for hydroxylation is 1. The molecule has 1 atom stereocenters. The maximum atomic E-state index is 13.3. The molecule has 0 aliphatic heterocycles. The van der Waals surface area contributed by atoms with Gasteiger partial charge in [-0.3, -0.25) is 0 Å². The Kier molecular flexibility index (Phi) is 4.72. The monoisotopic (exact) mass is 301 g/mol. The molecule has 0 radical (unpaired) electrons. The highest BCUT2D eigenvalue weighted by molar-refractivity contribution is 6.35. The average molecular weight is 302 g/mol. The zero-order valence-electron chi connectivity index (χ0n) is 10.4. The molecule has 0 aliphatic rings. The molecular formula is C14H14Cl2FNO. The number of anilines is 1. The smallest absolute Gasteiger partial charge is 0.160 e. The summed E-state index contributed by atoms with van der Waals surface area (Å²) in [5.41, 5.74) is 0.711. The Morgan fingerprint density at radius 3 is 2.58 bits per heavy atom. The van der Waals surface area contributed by atoms with E-state index < -0.39 is 5.82 Å². The molecule has 0 bridgehead atoms. The number of halogens is 3. The van der Waals surface area contributed by atoms with Crippen molar-refractivity contribution in [2.45, 2.75) is 25.8 Å². The van der Waals surface area contributed by atoms with Gasteiger partial charge in [-0.25, -0.2) is 4.39 Å². The van der Waals surface area contributed by atoms with Crippen LogP contribution in [0.15, 0.2) is 34.9 Å². The minimum absolute atomic E-state index is 0.0215. The lowest BCUT2D eigenvalue weighted by Crippen LogP contribution is -2.16. The third-order valence-electron chi connectivity index (χ3n) is 2.80. The summed E-state index contributed by atoms with van der Waals surface area (Å²) in [7, 11) is 0. The van der Waals surface area contributed by atoms with Crippen molar-refractivity contribution < 1.29 is 8.81 Å². The number of rotatable bonds is 5. The van der Waals surface area contributed by atoms with Gasteiger partial charge in [0.25, 0.3) is 0 Å². The van der Waals surface area contributed by atoms with Crippen LogP contribution in [0.2, 0.25) is 10.0 Å². The first kappa shape index (κ1) is 14.2. The van der Waals surface area contributed by atoms with Crippen LogP contribution in [0.1, 0.15) is 19.1 Å². The van der Waals surface area contributed by atoms with Crippen LogP contribution in [0, 0.1) is 5.82 Å². The summed E-state index contributed by atoms with van der Waals surface area (Å²) in [4.78, 5) is 0.